The van der Waals surface area contributed by atoms with Gasteiger partial charge in [-0.05, 0) is 43.0 Å². The molecule has 0 aliphatic carbocycles. The van der Waals surface area contributed by atoms with E-state index in [1.165, 1.54) is 17.3 Å². The van der Waals surface area contributed by atoms with E-state index >= 15 is 0 Å². The molecule has 0 spiro atoms. The molecule has 2 aliphatic heterocycles. The van der Waals surface area contributed by atoms with Crippen molar-refractivity contribution in [3.05, 3.63) is 59.1 Å². The number of hydrogen-bond donors (Lipinski definition) is 1. The second-order valence-corrected chi connectivity index (χ2v) is 8.69. The molecule has 0 aromatic heterocycles. The zero-order chi connectivity index (χ0) is 18.8. The van der Waals surface area contributed by atoms with Crippen LogP contribution in [0.15, 0.2) is 53.4 Å². The Balaban J connectivity index is 1.42. The van der Waals surface area contributed by atoms with Crippen LogP contribution in [0.25, 0.3) is 0 Å². The summed E-state index contributed by atoms with van der Waals surface area (Å²) in [6.45, 7) is 0.779. The lowest BCUT2D eigenvalue weighted by Crippen LogP contribution is -2.40. The first kappa shape index (κ1) is 18.4. The highest BCUT2D eigenvalue weighted by molar-refractivity contribution is 8.01. The summed E-state index contributed by atoms with van der Waals surface area (Å²) in [5, 5.41) is 3.07. The first-order valence-electron chi connectivity index (χ1n) is 9.20. The fraction of sp³-hybridized carbons (Fsp3) is 0.333. The molecule has 1 fully saturated rings. The minimum Gasteiger partial charge on any atom is -0.339 e. The van der Waals surface area contributed by atoms with Crippen molar-refractivity contribution in [1.82, 2.24) is 4.90 Å². The number of amides is 2. The Kier molecular flexibility index (Phi) is 5.41. The predicted octanol–water partition coefficient (Wildman–Crippen LogP) is 4.38. The third-order valence-electron chi connectivity index (χ3n) is 5.13. The number of halogens is 1. The van der Waals surface area contributed by atoms with Crippen LogP contribution in [0.4, 0.5) is 5.69 Å². The highest BCUT2D eigenvalue weighted by Crippen LogP contribution is 2.38. The average molecular weight is 401 g/mol. The number of hydrogen-bond acceptors (Lipinski definition) is 3. The van der Waals surface area contributed by atoms with E-state index in [2.05, 4.69) is 17.4 Å². The van der Waals surface area contributed by atoms with Crippen molar-refractivity contribution in [2.45, 2.75) is 41.9 Å². The van der Waals surface area contributed by atoms with Crippen LogP contribution in [0, 0.1) is 0 Å². The van der Waals surface area contributed by atoms with Gasteiger partial charge in [0.1, 0.15) is 0 Å². The Hall–Kier alpha value is -1.98. The third kappa shape index (κ3) is 4.14. The molecule has 27 heavy (non-hydrogen) atoms. The van der Waals surface area contributed by atoms with E-state index in [0.29, 0.717) is 5.02 Å². The monoisotopic (exact) mass is 400 g/mol. The van der Waals surface area contributed by atoms with Crippen LogP contribution in [0.1, 0.15) is 24.8 Å². The Morgan fingerprint density at radius 2 is 2.04 bits per heavy atom. The second-order valence-electron chi connectivity index (χ2n) is 7.01. The lowest BCUT2D eigenvalue weighted by molar-refractivity contribution is -0.133. The minimum absolute atomic E-state index is 0.0681. The Bertz CT molecular complexity index is 859. The molecular weight excluding hydrogens is 380 g/mol. The lowest BCUT2D eigenvalue weighted by atomic mass is 10.0. The highest BCUT2D eigenvalue weighted by atomic mass is 35.5. The number of fused-ring (bicyclic) bond motifs is 1. The molecule has 1 N–H and O–H groups in total. The molecule has 2 atom stereocenters. The summed E-state index contributed by atoms with van der Waals surface area (Å²) in [6, 6.07) is 15.9. The SMILES string of the molecule is O=C1Nc2cc(Cl)ccc2SC1CC(=O)N1CCCC1Cc1ccccc1. The quantitative estimate of drug-likeness (QED) is 0.828. The first-order chi connectivity index (χ1) is 13.1. The van der Waals surface area contributed by atoms with E-state index in [9.17, 15) is 9.59 Å². The van der Waals surface area contributed by atoms with Gasteiger partial charge in [0.15, 0.2) is 0 Å². The number of likely N-dealkylation sites (tertiary alicyclic amines) is 1. The Labute approximate surface area is 168 Å². The second kappa shape index (κ2) is 7.95. The number of thioether (sulfide) groups is 1. The van der Waals surface area contributed by atoms with E-state index in [0.717, 1.165) is 36.4 Å². The van der Waals surface area contributed by atoms with Crippen molar-refractivity contribution in [2.24, 2.45) is 0 Å². The largest absolute Gasteiger partial charge is 0.339 e. The zero-order valence-corrected chi connectivity index (χ0v) is 16.4. The Morgan fingerprint density at radius 3 is 2.85 bits per heavy atom. The van der Waals surface area contributed by atoms with Crippen molar-refractivity contribution in [3.63, 3.8) is 0 Å². The molecule has 2 heterocycles. The highest BCUT2D eigenvalue weighted by Gasteiger charge is 2.34. The van der Waals surface area contributed by atoms with Gasteiger partial charge in [-0.15, -0.1) is 11.8 Å². The molecule has 0 saturated carbocycles. The number of anilines is 1. The van der Waals surface area contributed by atoms with Gasteiger partial charge < -0.3 is 10.2 Å². The maximum atomic E-state index is 12.9. The van der Waals surface area contributed by atoms with Crippen LogP contribution in [0.2, 0.25) is 5.02 Å². The van der Waals surface area contributed by atoms with Crippen LogP contribution >= 0.6 is 23.4 Å². The lowest BCUT2D eigenvalue weighted by Gasteiger charge is -2.28. The van der Waals surface area contributed by atoms with Gasteiger partial charge in [0, 0.05) is 28.9 Å². The third-order valence-corrected chi connectivity index (χ3v) is 6.64. The van der Waals surface area contributed by atoms with Gasteiger partial charge in [-0.1, -0.05) is 41.9 Å². The summed E-state index contributed by atoms with van der Waals surface area (Å²) in [7, 11) is 0. The molecule has 0 bridgehead atoms. The predicted molar refractivity (Wildman–Crippen MR) is 109 cm³/mol. The van der Waals surface area contributed by atoms with Crippen molar-refractivity contribution in [3.8, 4) is 0 Å². The molecule has 2 amide bonds. The molecule has 4 rings (SSSR count). The van der Waals surface area contributed by atoms with Gasteiger partial charge in [-0.2, -0.15) is 0 Å². The topological polar surface area (TPSA) is 49.4 Å². The zero-order valence-electron chi connectivity index (χ0n) is 14.9. The summed E-state index contributed by atoms with van der Waals surface area (Å²) < 4.78 is 0. The van der Waals surface area contributed by atoms with E-state index < -0.39 is 5.25 Å². The van der Waals surface area contributed by atoms with Crippen molar-refractivity contribution < 1.29 is 9.59 Å². The van der Waals surface area contributed by atoms with Crippen LogP contribution in [-0.4, -0.2) is 34.6 Å². The molecule has 2 aromatic carbocycles. The molecule has 140 valence electrons. The number of nitrogens with one attached hydrogen (secondary N) is 1. The molecule has 4 nitrogen and oxygen atoms in total. The van der Waals surface area contributed by atoms with E-state index in [4.69, 9.17) is 11.6 Å². The molecule has 0 radical (unpaired) electrons. The van der Waals surface area contributed by atoms with Gasteiger partial charge in [-0.25, -0.2) is 0 Å². The summed E-state index contributed by atoms with van der Waals surface area (Å²) in [5.41, 5.74) is 1.97. The smallest absolute Gasteiger partial charge is 0.238 e. The molecule has 2 aliphatic rings. The summed E-state index contributed by atoms with van der Waals surface area (Å²) in [4.78, 5) is 28.3. The minimum atomic E-state index is -0.399. The van der Waals surface area contributed by atoms with Crippen molar-refractivity contribution in [2.75, 3.05) is 11.9 Å². The molecule has 6 heteroatoms. The van der Waals surface area contributed by atoms with Gasteiger partial charge in [0.2, 0.25) is 11.8 Å². The van der Waals surface area contributed by atoms with E-state index in [-0.39, 0.29) is 24.3 Å². The molecule has 2 unspecified atom stereocenters. The van der Waals surface area contributed by atoms with Crippen LogP contribution in [0.3, 0.4) is 0 Å². The van der Waals surface area contributed by atoms with Crippen LogP contribution < -0.4 is 5.32 Å². The van der Waals surface area contributed by atoms with Crippen molar-refractivity contribution >= 4 is 40.9 Å². The number of benzene rings is 2. The first-order valence-corrected chi connectivity index (χ1v) is 10.5. The number of carbonyl (C=O) groups is 2. The number of carbonyl (C=O) groups excluding carboxylic acids is 2. The summed E-state index contributed by atoms with van der Waals surface area (Å²) in [6.07, 6.45) is 3.14. The average Bonchev–Trinajstić information content (AvgIpc) is 3.11. The van der Waals surface area contributed by atoms with Crippen LogP contribution in [-0.2, 0) is 16.0 Å². The maximum absolute atomic E-state index is 12.9. The standard InChI is InChI=1S/C21H21ClN2O2S/c22-15-8-9-18-17(12-15)23-21(26)19(27-18)13-20(25)24-10-4-7-16(24)11-14-5-2-1-3-6-14/h1-3,5-6,8-9,12,16,19H,4,7,10-11,13H2,(H,23,26). The van der Waals surface area contributed by atoms with Gasteiger partial charge in [0.25, 0.3) is 0 Å². The molecule has 1 saturated heterocycles. The van der Waals surface area contributed by atoms with E-state index in [1.54, 1.807) is 12.1 Å². The fourth-order valence-electron chi connectivity index (χ4n) is 3.80. The van der Waals surface area contributed by atoms with Gasteiger partial charge in [0.05, 0.1) is 10.9 Å². The summed E-state index contributed by atoms with van der Waals surface area (Å²) >= 11 is 7.44. The van der Waals surface area contributed by atoms with Crippen LogP contribution in [0.5, 0.6) is 0 Å². The maximum Gasteiger partial charge on any atom is 0.238 e. The number of nitrogens with zero attached hydrogens (tertiary/aromatic N) is 1. The normalized spacial score (nSPS) is 21.7. The van der Waals surface area contributed by atoms with Gasteiger partial charge in [-0.3, -0.25) is 9.59 Å². The fourth-order valence-corrected chi connectivity index (χ4v) is 5.05. The van der Waals surface area contributed by atoms with Gasteiger partial charge >= 0.3 is 0 Å². The summed E-state index contributed by atoms with van der Waals surface area (Å²) in [5.74, 6) is -0.0552. The van der Waals surface area contributed by atoms with Crippen molar-refractivity contribution in [1.29, 1.82) is 0 Å². The number of rotatable bonds is 4. The van der Waals surface area contributed by atoms with E-state index in [1.807, 2.05) is 29.2 Å². The molecular formula is C21H21ClN2O2S. The molecule has 2 aromatic rings. The Morgan fingerprint density at radius 1 is 1.22 bits per heavy atom.